The number of rotatable bonds is 14. The summed E-state index contributed by atoms with van der Waals surface area (Å²) in [6, 6.07) is 22.2. The zero-order chi connectivity index (χ0) is 39.1. The van der Waals surface area contributed by atoms with Crippen molar-refractivity contribution in [3.8, 4) is 22.6 Å². The molecule has 4 aromatic carbocycles. The number of sulfone groups is 2. The maximum Gasteiger partial charge on any atom is 0.488 e. The minimum absolute atomic E-state index is 0.0213. The molecule has 10 nitrogen and oxygen atoms in total. The summed E-state index contributed by atoms with van der Waals surface area (Å²) in [6.45, 7) is 8.79. The van der Waals surface area contributed by atoms with Crippen molar-refractivity contribution < 1.29 is 46.6 Å². The van der Waals surface area contributed by atoms with Gasteiger partial charge >= 0.3 is 7.12 Å². The Morgan fingerprint density at radius 1 is 0.635 bits per heavy atom. The normalized spacial score (nSPS) is 11.1. The minimum Gasteiger partial charge on any atom is -0.494 e. The average Bonchev–Trinajstić information content (AvgIpc) is 3.07. The summed E-state index contributed by atoms with van der Waals surface area (Å²) in [7, 11) is -7.29. The molecule has 0 atom stereocenters. The monoisotopic (exact) mass is 820 g/mol. The number of hydrogen-bond acceptors (Lipinski definition) is 10. The first kappa shape index (κ1) is 44.9. The Morgan fingerprint density at radius 2 is 1.06 bits per heavy atom. The van der Waals surface area contributed by atoms with Crippen molar-refractivity contribution in [2.75, 3.05) is 37.2 Å². The summed E-state index contributed by atoms with van der Waals surface area (Å²) in [6.07, 6.45) is 3.47. The molecule has 0 radical (unpaired) electrons. The lowest BCUT2D eigenvalue weighted by molar-refractivity contribution is 0.281. The van der Waals surface area contributed by atoms with E-state index in [0.29, 0.717) is 37.1 Å². The van der Waals surface area contributed by atoms with Crippen LogP contribution in [0.25, 0.3) is 11.1 Å². The number of aliphatic hydroxyl groups excluding tert-OH is 2. The standard InChI is InChI=1S/C19H24O4S.C12H17BrO3S.C7H9BO3/c1-14-10-18(23-8-5-9-24(3,21)22)11-15(2)19(14)17-7-4-6-16(12-17)13-20;1-9-7-11(8-10(2)12(9)13)16-5-4-6-17(3,14)15;9-5-6-2-1-3-7(4-6)8(10)11/h4,6-7,10-12,20H,5,8-9,13H2,1-3H3;7-8H,4-6H2,1-3H3;1-4,9-11H,5H2. The topological polar surface area (TPSA) is 168 Å². The molecule has 4 aromatic rings. The zero-order valence-electron chi connectivity index (χ0n) is 30.6. The van der Waals surface area contributed by atoms with Crippen molar-refractivity contribution in [1.29, 1.82) is 0 Å². The Hall–Kier alpha value is -3.24. The van der Waals surface area contributed by atoms with Crippen LogP contribution in [-0.2, 0) is 32.9 Å². The van der Waals surface area contributed by atoms with Gasteiger partial charge in [-0.05, 0) is 121 Å². The van der Waals surface area contributed by atoms with Gasteiger partial charge in [-0.1, -0.05) is 58.4 Å². The molecule has 0 aliphatic heterocycles. The Labute approximate surface area is 317 Å². The predicted molar refractivity (Wildman–Crippen MR) is 213 cm³/mol. The van der Waals surface area contributed by atoms with E-state index in [9.17, 15) is 21.9 Å². The fraction of sp³-hybridized carbons (Fsp3) is 0.368. The molecule has 0 aliphatic rings. The summed E-state index contributed by atoms with van der Waals surface area (Å²) in [5.41, 5.74) is 8.56. The Balaban J connectivity index is 0.000000291. The number of ether oxygens (including phenoxy) is 2. The van der Waals surface area contributed by atoms with E-state index in [1.807, 2.05) is 76.2 Å². The molecule has 52 heavy (non-hydrogen) atoms. The molecule has 4 rings (SSSR count). The third-order valence-corrected chi connectivity index (χ3v) is 10.9. The molecule has 0 spiro atoms. The second-order valence-electron chi connectivity index (χ2n) is 12.6. The highest BCUT2D eigenvalue weighted by Gasteiger charge is 2.11. The summed E-state index contributed by atoms with van der Waals surface area (Å²) in [5, 5.41) is 35.4. The number of halogens is 1. The van der Waals surface area contributed by atoms with Crippen molar-refractivity contribution in [1.82, 2.24) is 0 Å². The van der Waals surface area contributed by atoms with Gasteiger partial charge in [-0.15, -0.1) is 0 Å². The molecular weight excluding hydrogens is 771 g/mol. The van der Waals surface area contributed by atoms with Crippen molar-refractivity contribution in [3.63, 3.8) is 0 Å². The molecule has 0 unspecified atom stereocenters. The van der Waals surface area contributed by atoms with Crippen molar-refractivity contribution in [2.24, 2.45) is 0 Å². The van der Waals surface area contributed by atoms with Gasteiger partial charge < -0.3 is 29.7 Å². The van der Waals surface area contributed by atoms with E-state index in [1.54, 1.807) is 24.3 Å². The first-order chi connectivity index (χ1) is 24.3. The SMILES string of the molecule is Cc1cc(OCCCS(C)(=O)=O)cc(C)c1-c1cccc(CO)c1.Cc1cc(OCCCS(C)(=O)=O)cc(C)c1Br.OCc1cccc(B(O)O)c1. The van der Waals surface area contributed by atoms with E-state index in [4.69, 9.17) is 24.6 Å². The number of hydrogen-bond donors (Lipinski definition) is 4. The predicted octanol–water partition coefficient (Wildman–Crippen LogP) is 5.01. The highest BCUT2D eigenvalue weighted by Crippen LogP contribution is 2.32. The third kappa shape index (κ3) is 16.6. The van der Waals surface area contributed by atoms with Crippen molar-refractivity contribution in [3.05, 3.63) is 111 Å². The molecule has 0 aliphatic carbocycles. The smallest absolute Gasteiger partial charge is 0.488 e. The lowest BCUT2D eigenvalue weighted by Gasteiger charge is -2.14. The fourth-order valence-electron chi connectivity index (χ4n) is 5.15. The van der Waals surface area contributed by atoms with Crippen LogP contribution in [0, 0.1) is 27.7 Å². The maximum absolute atomic E-state index is 11.1. The van der Waals surface area contributed by atoms with Gasteiger partial charge in [-0.3, -0.25) is 0 Å². The van der Waals surface area contributed by atoms with E-state index < -0.39 is 26.8 Å². The van der Waals surface area contributed by atoms with Crippen LogP contribution < -0.4 is 14.9 Å². The van der Waals surface area contributed by atoms with Gasteiger partial charge in [0.1, 0.15) is 31.2 Å². The summed E-state index contributed by atoms with van der Waals surface area (Å²) >= 11 is 3.49. The fourth-order valence-corrected chi connectivity index (χ4v) is 6.66. The molecule has 0 saturated carbocycles. The van der Waals surface area contributed by atoms with Gasteiger partial charge in [0.25, 0.3) is 0 Å². The molecule has 0 heterocycles. The van der Waals surface area contributed by atoms with Gasteiger partial charge in [0, 0.05) is 17.0 Å². The highest BCUT2D eigenvalue weighted by molar-refractivity contribution is 9.10. The van der Waals surface area contributed by atoms with E-state index in [0.717, 1.165) is 54.9 Å². The van der Waals surface area contributed by atoms with E-state index in [2.05, 4.69) is 15.9 Å². The average molecular weight is 822 g/mol. The van der Waals surface area contributed by atoms with Gasteiger partial charge in [0.05, 0.1) is 37.9 Å². The minimum atomic E-state index is -2.94. The van der Waals surface area contributed by atoms with E-state index in [-0.39, 0.29) is 24.7 Å². The first-order valence-electron chi connectivity index (χ1n) is 16.6. The van der Waals surface area contributed by atoms with Crippen LogP contribution in [0.3, 0.4) is 0 Å². The number of benzene rings is 4. The van der Waals surface area contributed by atoms with Gasteiger partial charge in [0.15, 0.2) is 0 Å². The van der Waals surface area contributed by atoms with Crippen LogP contribution >= 0.6 is 15.9 Å². The van der Waals surface area contributed by atoms with Gasteiger partial charge in [-0.2, -0.15) is 0 Å². The number of aliphatic hydroxyl groups is 2. The summed E-state index contributed by atoms with van der Waals surface area (Å²) < 4.78 is 56.4. The van der Waals surface area contributed by atoms with Crippen LogP contribution in [0.4, 0.5) is 0 Å². The van der Waals surface area contributed by atoms with E-state index >= 15 is 0 Å². The highest BCUT2D eigenvalue weighted by atomic mass is 79.9. The van der Waals surface area contributed by atoms with Crippen LogP contribution in [0.5, 0.6) is 11.5 Å². The molecule has 14 heteroatoms. The lowest BCUT2D eigenvalue weighted by atomic mass is 9.80. The van der Waals surface area contributed by atoms with Crippen LogP contribution in [0.1, 0.15) is 46.2 Å². The lowest BCUT2D eigenvalue weighted by Crippen LogP contribution is -2.29. The summed E-state index contributed by atoms with van der Waals surface area (Å²) in [5.74, 6) is 1.84. The first-order valence-corrected chi connectivity index (χ1v) is 21.5. The van der Waals surface area contributed by atoms with Gasteiger partial charge in [-0.25, -0.2) is 16.8 Å². The molecule has 0 bridgehead atoms. The second-order valence-corrected chi connectivity index (χ2v) is 17.9. The van der Waals surface area contributed by atoms with Crippen molar-refractivity contribution in [2.45, 2.75) is 53.8 Å². The number of aryl methyl sites for hydroxylation is 4. The molecule has 4 N–H and O–H groups in total. The van der Waals surface area contributed by atoms with Crippen LogP contribution in [0.15, 0.2) is 77.3 Å². The Bertz CT molecular complexity index is 1920. The molecule has 0 aromatic heterocycles. The molecule has 284 valence electrons. The Kier molecular flexibility index (Phi) is 18.5. The van der Waals surface area contributed by atoms with E-state index in [1.165, 1.54) is 12.5 Å². The molecule has 0 fully saturated rings. The Morgan fingerprint density at radius 3 is 1.48 bits per heavy atom. The van der Waals surface area contributed by atoms with Crippen LogP contribution in [-0.4, -0.2) is 81.4 Å². The van der Waals surface area contributed by atoms with Crippen molar-refractivity contribution >= 4 is 48.2 Å². The quantitative estimate of drug-likeness (QED) is 0.100. The zero-order valence-corrected chi connectivity index (χ0v) is 33.8. The van der Waals surface area contributed by atoms with Gasteiger partial charge in [0.2, 0.25) is 0 Å². The molecule has 0 saturated heterocycles. The molecular formula is C38H50BBrO10S2. The largest absolute Gasteiger partial charge is 0.494 e. The molecule has 0 amide bonds. The third-order valence-electron chi connectivity index (χ3n) is 7.60. The summed E-state index contributed by atoms with van der Waals surface area (Å²) in [4.78, 5) is 0. The second kappa shape index (κ2) is 21.5. The maximum atomic E-state index is 11.1. The van der Waals surface area contributed by atoms with Crippen LogP contribution in [0.2, 0.25) is 0 Å².